The van der Waals surface area contributed by atoms with Crippen LogP contribution < -0.4 is 4.74 Å². The molecule has 0 aliphatic carbocycles. The number of benzene rings is 1. The smallest absolute Gasteiger partial charge is 0.269 e. The maximum Gasteiger partial charge on any atom is 0.269 e. The third-order valence-electron chi connectivity index (χ3n) is 2.34. The molecule has 2 aromatic rings. The third-order valence-corrected chi connectivity index (χ3v) is 3.16. The summed E-state index contributed by atoms with van der Waals surface area (Å²) >= 11 is 1.61. The second kappa shape index (κ2) is 5.59. The van der Waals surface area contributed by atoms with E-state index in [0.29, 0.717) is 12.4 Å². The number of hydrogen-bond acceptors (Lipinski definition) is 5. The summed E-state index contributed by atoms with van der Waals surface area (Å²) in [6.07, 6.45) is 0.737. The lowest BCUT2D eigenvalue weighted by molar-refractivity contribution is -0.384. The van der Waals surface area contributed by atoms with E-state index < -0.39 is 4.92 Å². The van der Waals surface area contributed by atoms with Crippen LogP contribution in [0, 0.1) is 17.0 Å². The van der Waals surface area contributed by atoms with E-state index >= 15 is 0 Å². The van der Waals surface area contributed by atoms with Crippen LogP contribution in [0.3, 0.4) is 0 Å². The average Bonchev–Trinajstić information content (AvgIpc) is 2.76. The first-order chi connectivity index (χ1) is 8.65. The number of ether oxygens (including phenoxy) is 1. The van der Waals surface area contributed by atoms with E-state index in [2.05, 4.69) is 4.98 Å². The summed E-state index contributed by atoms with van der Waals surface area (Å²) in [5, 5.41) is 13.5. The Morgan fingerprint density at radius 1 is 1.39 bits per heavy atom. The van der Waals surface area contributed by atoms with Crippen LogP contribution in [0.4, 0.5) is 5.69 Å². The van der Waals surface area contributed by atoms with Crippen LogP contribution in [-0.2, 0) is 6.42 Å². The number of rotatable bonds is 5. The fourth-order valence-corrected chi connectivity index (χ4v) is 2.11. The number of aryl methyl sites for hydroxylation is 1. The topological polar surface area (TPSA) is 65.3 Å². The number of nitro groups is 1. The van der Waals surface area contributed by atoms with E-state index in [1.807, 2.05) is 12.3 Å². The fraction of sp³-hybridized carbons (Fsp3) is 0.250. The Kier molecular flexibility index (Phi) is 3.88. The van der Waals surface area contributed by atoms with Crippen LogP contribution >= 0.6 is 11.3 Å². The molecule has 0 amide bonds. The van der Waals surface area contributed by atoms with Gasteiger partial charge in [-0.3, -0.25) is 10.1 Å². The zero-order valence-corrected chi connectivity index (χ0v) is 10.6. The lowest BCUT2D eigenvalue weighted by atomic mass is 10.3. The molecule has 6 heteroatoms. The van der Waals surface area contributed by atoms with Crippen molar-refractivity contribution in [3.63, 3.8) is 0 Å². The van der Waals surface area contributed by atoms with E-state index in [9.17, 15) is 10.1 Å². The first-order valence-electron chi connectivity index (χ1n) is 5.43. The van der Waals surface area contributed by atoms with E-state index in [-0.39, 0.29) is 5.69 Å². The molecule has 0 fully saturated rings. The van der Waals surface area contributed by atoms with Gasteiger partial charge in [0, 0.05) is 23.9 Å². The van der Waals surface area contributed by atoms with Gasteiger partial charge in [-0.25, -0.2) is 4.98 Å². The first-order valence-corrected chi connectivity index (χ1v) is 6.31. The molecule has 5 nitrogen and oxygen atoms in total. The highest BCUT2D eigenvalue weighted by atomic mass is 32.1. The van der Waals surface area contributed by atoms with Crippen LogP contribution in [-0.4, -0.2) is 16.5 Å². The predicted octanol–water partition coefficient (Wildman–Crippen LogP) is 2.98. The van der Waals surface area contributed by atoms with Gasteiger partial charge < -0.3 is 4.74 Å². The summed E-state index contributed by atoms with van der Waals surface area (Å²) in [5.41, 5.74) is 1.08. The Morgan fingerprint density at radius 2 is 2.11 bits per heavy atom. The lowest BCUT2D eigenvalue weighted by Gasteiger charge is -2.04. The number of hydrogen-bond donors (Lipinski definition) is 0. The molecule has 0 aliphatic heterocycles. The SMILES string of the molecule is Cc1nc(CCOc2ccc([N+](=O)[O-])cc2)cs1. The maximum atomic E-state index is 10.5. The summed E-state index contributed by atoms with van der Waals surface area (Å²) in [4.78, 5) is 14.4. The van der Waals surface area contributed by atoms with Gasteiger partial charge in [-0.1, -0.05) is 0 Å². The van der Waals surface area contributed by atoms with Crippen molar-refractivity contribution < 1.29 is 9.66 Å². The largest absolute Gasteiger partial charge is 0.493 e. The van der Waals surface area contributed by atoms with Gasteiger partial charge in [-0.2, -0.15) is 0 Å². The maximum absolute atomic E-state index is 10.5. The van der Waals surface area contributed by atoms with Crippen LogP contribution in [0.15, 0.2) is 29.6 Å². The van der Waals surface area contributed by atoms with Crippen molar-refractivity contribution in [2.24, 2.45) is 0 Å². The molecule has 18 heavy (non-hydrogen) atoms. The number of aromatic nitrogens is 1. The third kappa shape index (κ3) is 3.27. The summed E-state index contributed by atoms with van der Waals surface area (Å²) in [7, 11) is 0. The molecule has 1 heterocycles. The number of nitrogens with zero attached hydrogens (tertiary/aromatic N) is 2. The minimum Gasteiger partial charge on any atom is -0.493 e. The molecule has 0 saturated carbocycles. The highest BCUT2D eigenvalue weighted by molar-refractivity contribution is 7.09. The zero-order valence-electron chi connectivity index (χ0n) is 9.83. The second-order valence-electron chi connectivity index (χ2n) is 3.71. The van der Waals surface area contributed by atoms with Crippen LogP contribution in [0.25, 0.3) is 0 Å². The molecule has 1 aromatic carbocycles. The molecule has 0 N–H and O–H groups in total. The molecule has 2 rings (SSSR count). The van der Waals surface area contributed by atoms with Gasteiger partial charge in [0.25, 0.3) is 5.69 Å². The highest BCUT2D eigenvalue weighted by Crippen LogP contribution is 2.17. The van der Waals surface area contributed by atoms with Crippen molar-refractivity contribution in [1.29, 1.82) is 0 Å². The van der Waals surface area contributed by atoms with Crippen molar-refractivity contribution in [2.75, 3.05) is 6.61 Å². The number of non-ortho nitro benzene ring substituents is 1. The Bertz CT molecular complexity index is 537. The molecule has 0 aliphatic rings. The molecule has 0 bridgehead atoms. The van der Waals surface area contributed by atoms with Gasteiger partial charge in [0.15, 0.2) is 0 Å². The first kappa shape index (κ1) is 12.5. The monoisotopic (exact) mass is 264 g/mol. The van der Waals surface area contributed by atoms with Crippen molar-refractivity contribution in [2.45, 2.75) is 13.3 Å². The molecule has 1 aromatic heterocycles. The molecule has 0 spiro atoms. The summed E-state index contributed by atoms with van der Waals surface area (Å²) < 4.78 is 5.50. The highest BCUT2D eigenvalue weighted by Gasteiger charge is 2.04. The Balaban J connectivity index is 1.85. The van der Waals surface area contributed by atoms with E-state index in [4.69, 9.17) is 4.74 Å². The van der Waals surface area contributed by atoms with Crippen LogP contribution in [0.5, 0.6) is 5.75 Å². The molecule has 0 atom stereocenters. The summed E-state index contributed by atoms with van der Waals surface area (Å²) in [5.74, 6) is 0.632. The van der Waals surface area contributed by atoms with Crippen molar-refractivity contribution in [3.05, 3.63) is 50.5 Å². The van der Waals surface area contributed by atoms with E-state index in [1.54, 1.807) is 23.5 Å². The number of nitro benzene ring substituents is 1. The van der Waals surface area contributed by atoms with E-state index in [0.717, 1.165) is 17.1 Å². The average molecular weight is 264 g/mol. The Labute approximate surface area is 108 Å². The molecular weight excluding hydrogens is 252 g/mol. The van der Waals surface area contributed by atoms with Crippen molar-refractivity contribution in [1.82, 2.24) is 4.98 Å². The van der Waals surface area contributed by atoms with Gasteiger partial charge >= 0.3 is 0 Å². The van der Waals surface area contributed by atoms with Gasteiger partial charge in [0.05, 0.1) is 22.2 Å². The van der Waals surface area contributed by atoms with Crippen molar-refractivity contribution >= 4 is 17.0 Å². The quantitative estimate of drug-likeness (QED) is 0.615. The summed E-state index contributed by atoms with van der Waals surface area (Å²) in [6, 6.07) is 6.07. The van der Waals surface area contributed by atoms with Crippen LogP contribution in [0.1, 0.15) is 10.7 Å². The Hall–Kier alpha value is -1.95. The lowest BCUT2D eigenvalue weighted by Crippen LogP contribution is -2.01. The van der Waals surface area contributed by atoms with Crippen molar-refractivity contribution in [3.8, 4) is 5.75 Å². The second-order valence-corrected chi connectivity index (χ2v) is 4.77. The summed E-state index contributed by atoms with van der Waals surface area (Å²) in [6.45, 7) is 2.48. The minimum absolute atomic E-state index is 0.0671. The Morgan fingerprint density at radius 3 is 2.67 bits per heavy atom. The number of thiazole rings is 1. The fourth-order valence-electron chi connectivity index (χ4n) is 1.46. The predicted molar refractivity (Wildman–Crippen MR) is 69.1 cm³/mol. The van der Waals surface area contributed by atoms with Gasteiger partial charge in [-0.05, 0) is 19.1 Å². The van der Waals surface area contributed by atoms with Gasteiger partial charge in [-0.15, -0.1) is 11.3 Å². The zero-order chi connectivity index (χ0) is 13.0. The van der Waals surface area contributed by atoms with Gasteiger partial charge in [0.1, 0.15) is 5.75 Å². The molecule has 94 valence electrons. The minimum atomic E-state index is -0.429. The van der Waals surface area contributed by atoms with Gasteiger partial charge in [0.2, 0.25) is 0 Å². The van der Waals surface area contributed by atoms with E-state index in [1.165, 1.54) is 12.1 Å². The standard InChI is InChI=1S/C12H12N2O3S/c1-9-13-10(8-18-9)6-7-17-12-4-2-11(3-5-12)14(15)16/h2-5,8H,6-7H2,1H3. The molecular formula is C12H12N2O3S. The van der Waals surface area contributed by atoms with Crippen LogP contribution in [0.2, 0.25) is 0 Å². The molecule has 0 unspecified atom stereocenters. The molecule has 0 saturated heterocycles. The normalized spacial score (nSPS) is 10.3. The molecule has 0 radical (unpaired) electrons.